The third kappa shape index (κ3) is 3.20. The van der Waals surface area contributed by atoms with Crippen molar-refractivity contribution >= 4 is 11.4 Å². The monoisotopic (exact) mass is 242 g/mol. The average molecular weight is 242 g/mol. The van der Waals surface area contributed by atoms with Crippen LogP contribution in [0.3, 0.4) is 0 Å². The molecule has 1 heterocycles. The molecule has 0 unspecified atom stereocenters. The van der Waals surface area contributed by atoms with Gasteiger partial charge in [-0.3, -0.25) is 0 Å². The van der Waals surface area contributed by atoms with E-state index in [-0.39, 0.29) is 0 Å². The highest BCUT2D eigenvalue weighted by molar-refractivity contribution is 5.55. The predicted molar refractivity (Wildman–Crippen MR) is 74.2 cm³/mol. The molecule has 0 fully saturated rings. The lowest BCUT2D eigenvalue weighted by Crippen LogP contribution is -2.24. The lowest BCUT2D eigenvalue weighted by Gasteiger charge is -2.23. The Morgan fingerprint density at radius 3 is 2.61 bits per heavy atom. The number of hydrogen-bond donors (Lipinski definition) is 1. The first-order valence-electron chi connectivity index (χ1n) is 6.16. The van der Waals surface area contributed by atoms with Crippen LogP contribution in [0.25, 0.3) is 0 Å². The molecule has 0 saturated carbocycles. The maximum atomic E-state index is 5.83. The minimum atomic E-state index is 0.706. The van der Waals surface area contributed by atoms with E-state index >= 15 is 0 Å². The predicted octanol–water partition coefficient (Wildman–Crippen LogP) is 2.48. The molecule has 1 aromatic heterocycles. The fourth-order valence-corrected chi connectivity index (χ4v) is 1.87. The molecular formula is C14H18N4. The molecule has 0 aliphatic heterocycles. The number of nitrogens with zero attached hydrogens (tertiary/aromatic N) is 3. The Morgan fingerprint density at radius 2 is 1.94 bits per heavy atom. The molecule has 0 bridgehead atoms. The number of aromatic nitrogens is 2. The molecular weight excluding hydrogens is 224 g/mol. The van der Waals surface area contributed by atoms with Crippen molar-refractivity contribution in [3.05, 3.63) is 48.5 Å². The molecule has 94 valence electrons. The van der Waals surface area contributed by atoms with Gasteiger partial charge in [-0.15, -0.1) is 0 Å². The summed E-state index contributed by atoms with van der Waals surface area (Å²) in [5, 5.41) is 0. The standard InChI is InChI=1S/C14H18N4/c1-2-9-18(11-14-16-7-4-8-17-14)13-6-3-5-12(15)10-13/h3-8,10H,2,9,11,15H2,1H3. The van der Waals surface area contributed by atoms with Gasteiger partial charge in [-0.2, -0.15) is 0 Å². The van der Waals surface area contributed by atoms with Crippen molar-refractivity contribution in [1.82, 2.24) is 9.97 Å². The normalized spacial score (nSPS) is 10.3. The SMILES string of the molecule is CCCN(Cc1ncccn1)c1cccc(N)c1. The van der Waals surface area contributed by atoms with Gasteiger partial charge in [-0.05, 0) is 30.7 Å². The number of rotatable bonds is 5. The maximum Gasteiger partial charge on any atom is 0.147 e. The van der Waals surface area contributed by atoms with Crippen LogP contribution in [-0.4, -0.2) is 16.5 Å². The molecule has 0 radical (unpaired) electrons. The molecule has 0 saturated heterocycles. The number of hydrogen-bond acceptors (Lipinski definition) is 4. The summed E-state index contributed by atoms with van der Waals surface area (Å²) in [7, 11) is 0. The Labute approximate surface area is 107 Å². The summed E-state index contributed by atoms with van der Waals surface area (Å²) < 4.78 is 0. The lowest BCUT2D eigenvalue weighted by atomic mass is 10.2. The fourth-order valence-electron chi connectivity index (χ4n) is 1.87. The van der Waals surface area contributed by atoms with Crippen LogP contribution >= 0.6 is 0 Å². The van der Waals surface area contributed by atoms with Gasteiger partial charge in [0.05, 0.1) is 6.54 Å². The Hall–Kier alpha value is -2.10. The molecule has 2 rings (SSSR count). The fraction of sp³-hybridized carbons (Fsp3) is 0.286. The summed E-state index contributed by atoms with van der Waals surface area (Å²) in [4.78, 5) is 10.8. The molecule has 2 N–H and O–H groups in total. The number of benzene rings is 1. The molecule has 0 aliphatic rings. The van der Waals surface area contributed by atoms with Crippen LogP contribution in [0.15, 0.2) is 42.7 Å². The van der Waals surface area contributed by atoms with Crippen LogP contribution in [-0.2, 0) is 6.54 Å². The largest absolute Gasteiger partial charge is 0.399 e. The minimum Gasteiger partial charge on any atom is -0.399 e. The van der Waals surface area contributed by atoms with Gasteiger partial charge in [0.1, 0.15) is 5.82 Å². The number of nitrogens with two attached hydrogens (primary N) is 1. The summed E-state index contributed by atoms with van der Waals surface area (Å²) in [6.07, 6.45) is 4.61. The van der Waals surface area contributed by atoms with Crippen LogP contribution in [0, 0.1) is 0 Å². The first-order chi connectivity index (χ1) is 8.79. The second kappa shape index (κ2) is 6.00. The summed E-state index contributed by atoms with van der Waals surface area (Å²) in [5.74, 6) is 0.827. The minimum absolute atomic E-state index is 0.706. The highest BCUT2D eigenvalue weighted by Gasteiger charge is 2.08. The topological polar surface area (TPSA) is 55.0 Å². The van der Waals surface area contributed by atoms with E-state index in [2.05, 4.69) is 27.9 Å². The van der Waals surface area contributed by atoms with E-state index in [0.29, 0.717) is 6.54 Å². The molecule has 2 aromatic rings. The highest BCUT2D eigenvalue weighted by Crippen LogP contribution is 2.19. The zero-order chi connectivity index (χ0) is 12.8. The smallest absolute Gasteiger partial charge is 0.147 e. The molecule has 4 heteroatoms. The molecule has 0 atom stereocenters. The van der Waals surface area contributed by atoms with Crippen LogP contribution in [0.2, 0.25) is 0 Å². The molecule has 0 amide bonds. The molecule has 18 heavy (non-hydrogen) atoms. The molecule has 4 nitrogen and oxygen atoms in total. The molecule has 1 aromatic carbocycles. The van der Waals surface area contributed by atoms with Crippen molar-refractivity contribution in [1.29, 1.82) is 0 Å². The van der Waals surface area contributed by atoms with Gasteiger partial charge >= 0.3 is 0 Å². The van der Waals surface area contributed by atoms with E-state index < -0.39 is 0 Å². The van der Waals surface area contributed by atoms with E-state index in [1.54, 1.807) is 12.4 Å². The Morgan fingerprint density at radius 1 is 1.17 bits per heavy atom. The number of anilines is 2. The maximum absolute atomic E-state index is 5.83. The van der Waals surface area contributed by atoms with Crippen LogP contribution in [0.1, 0.15) is 19.2 Å². The van der Waals surface area contributed by atoms with Crippen molar-refractivity contribution in [2.24, 2.45) is 0 Å². The first-order valence-corrected chi connectivity index (χ1v) is 6.16. The van der Waals surface area contributed by atoms with Crippen LogP contribution in [0.5, 0.6) is 0 Å². The quantitative estimate of drug-likeness (QED) is 0.818. The van der Waals surface area contributed by atoms with Gasteiger partial charge in [0.15, 0.2) is 0 Å². The average Bonchev–Trinajstić information content (AvgIpc) is 2.39. The van der Waals surface area contributed by atoms with Gasteiger partial charge in [-0.25, -0.2) is 9.97 Å². The van der Waals surface area contributed by atoms with Crippen molar-refractivity contribution < 1.29 is 0 Å². The van der Waals surface area contributed by atoms with Gasteiger partial charge in [-0.1, -0.05) is 13.0 Å². The van der Waals surface area contributed by atoms with Crippen molar-refractivity contribution in [2.45, 2.75) is 19.9 Å². The van der Waals surface area contributed by atoms with E-state index in [0.717, 1.165) is 30.2 Å². The van der Waals surface area contributed by atoms with E-state index in [1.807, 2.05) is 24.3 Å². The zero-order valence-electron chi connectivity index (χ0n) is 10.6. The Bertz CT molecular complexity index is 484. The summed E-state index contributed by atoms with van der Waals surface area (Å²) in [6, 6.07) is 9.74. The van der Waals surface area contributed by atoms with E-state index in [1.165, 1.54) is 0 Å². The summed E-state index contributed by atoms with van der Waals surface area (Å²) in [6.45, 7) is 3.82. The first kappa shape index (κ1) is 12.4. The third-order valence-electron chi connectivity index (χ3n) is 2.68. The van der Waals surface area contributed by atoms with Gasteiger partial charge in [0, 0.05) is 30.3 Å². The van der Waals surface area contributed by atoms with Crippen LogP contribution < -0.4 is 10.6 Å². The van der Waals surface area contributed by atoms with Gasteiger partial charge in [0.25, 0.3) is 0 Å². The second-order valence-electron chi connectivity index (χ2n) is 4.18. The Kier molecular flexibility index (Phi) is 4.12. The molecule has 0 aliphatic carbocycles. The van der Waals surface area contributed by atoms with Crippen molar-refractivity contribution in [3.8, 4) is 0 Å². The zero-order valence-corrected chi connectivity index (χ0v) is 10.6. The summed E-state index contributed by atoms with van der Waals surface area (Å²) in [5.41, 5.74) is 7.72. The third-order valence-corrected chi connectivity index (χ3v) is 2.68. The highest BCUT2D eigenvalue weighted by atomic mass is 15.1. The van der Waals surface area contributed by atoms with Crippen molar-refractivity contribution in [3.63, 3.8) is 0 Å². The van der Waals surface area contributed by atoms with Crippen LogP contribution in [0.4, 0.5) is 11.4 Å². The summed E-state index contributed by atoms with van der Waals surface area (Å²) >= 11 is 0. The van der Waals surface area contributed by atoms with Crippen molar-refractivity contribution in [2.75, 3.05) is 17.2 Å². The van der Waals surface area contributed by atoms with Gasteiger partial charge < -0.3 is 10.6 Å². The Balaban J connectivity index is 2.18. The van der Waals surface area contributed by atoms with E-state index in [9.17, 15) is 0 Å². The van der Waals surface area contributed by atoms with Gasteiger partial charge in [0.2, 0.25) is 0 Å². The number of nitrogen functional groups attached to an aromatic ring is 1. The lowest BCUT2D eigenvalue weighted by molar-refractivity contribution is 0.735. The van der Waals surface area contributed by atoms with E-state index in [4.69, 9.17) is 5.73 Å². The second-order valence-corrected chi connectivity index (χ2v) is 4.18. The molecule has 0 spiro atoms.